The van der Waals surface area contributed by atoms with Gasteiger partial charge in [-0.15, -0.1) is 0 Å². The molecule has 0 bridgehead atoms. The molecule has 3 rings (SSSR count). The second-order valence-corrected chi connectivity index (χ2v) is 6.84. The van der Waals surface area contributed by atoms with Gasteiger partial charge in [-0.1, -0.05) is 11.3 Å². The second-order valence-electron chi connectivity index (χ2n) is 5.83. The van der Waals surface area contributed by atoms with Crippen molar-refractivity contribution in [2.75, 3.05) is 27.4 Å². The predicted molar refractivity (Wildman–Crippen MR) is 106 cm³/mol. The van der Waals surface area contributed by atoms with Crippen LogP contribution in [0, 0.1) is 5.82 Å². The number of carbonyl (C=O) groups is 1. The lowest BCUT2D eigenvalue weighted by Gasteiger charge is -2.08. The largest absolute Gasteiger partial charge is 0.493 e. The van der Waals surface area contributed by atoms with Gasteiger partial charge in [0.05, 0.1) is 31.0 Å². The van der Waals surface area contributed by atoms with Crippen LogP contribution in [0.3, 0.4) is 0 Å². The Morgan fingerprint density at radius 3 is 2.64 bits per heavy atom. The van der Waals surface area contributed by atoms with E-state index in [2.05, 4.69) is 4.99 Å². The Morgan fingerprint density at radius 1 is 1.14 bits per heavy atom. The maximum atomic E-state index is 13.6. The average Bonchev–Trinajstić information content (AvgIpc) is 3.03. The number of thiazole rings is 1. The molecule has 0 spiro atoms. The molecule has 0 saturated heterocycles. The number of halogens is 1. The van der Waals surface area contributed by atoms with E-state index in [0.717, 1.165) is 10.2 Å². The number of carbonyl (C=O) groups excluding carboxylic acids is 1. The first-order valence-corrected chi connectivity index (χ1v) is 9.56. The van der Waals surface area contributed by atoms with Crippen molar-refractivity contribution in [3.8, 4) is 11.5 Å². The molecule has 1 amide bonds. The van der Waals surface area contributed by atoms with Gasteiger partial charge >= 0.3 is 0 Å². The summed E-state index contributed by atoms with van der Waals surface area (Å²) in [6, 6.07) is 9.40. The molecule has 0 radical (unpaired) electrons. The fraction of sp³-hybridized carbons (Fsp3) is 0.300. The summed E-state index contributed by atoms with van der Waals surface area (Å²) < 4.78 is 32.1. The summed E-state index contributed by atoms with van der Waals surface area (Å²) in [5.41, 5.74) is 1.18. The molecule has 0 saturated carbocycles. The molecule has 1 heterocycles. The number of nitrogens with zero attached hydrogens (tertiary/aromatic N) is 2. The molecule has 0 aliphatic heterocycles. The smallest absolute Gasteiger partial charge is 0.279 e. The molecule has 0 unspecified atom stereocenters. The molecule has 0 aliphatic carbocycles. The first kappa shape index (κ1) is 20.0. The van der Waals surface area contributed by atoms with Gasteiger partial charge in [0.25, 0.3) is 5.91 Å². The van der Waals surface area contributed by atoms with Crippen molar-refractivity contribution in [2.24, 2.45) is 4.99 Å². The summed E-state index contributed by atoms with van der Waals surface area (Å²) in [7, 11) is 3.03. The lowest BCUT2D eigenvalue weighted by molar-refractivity contribution is 0.0996. The normalized spacial score (nSPS) is 11.8. The van der Waals surface area contributed by atoms with Gasteiger partial charge in [0, 0.05) is 18.7 Å². The number of ether oxygens (including phenoxy) is 3. The first-order valence-electron chi connectivity index (χ1n) is 8.75. The Kier molecular flexibility index (Phi) is 6.43. The third-order valence-electron chi connectivity index (χ3n) is 4.14. The fourth-order valence-electron chi connectivity index (χ4n) is 2.77. The van der Waals surface area contributed by atoms with Crippen LogP contribution in [0.4, 0.5) is 4.39 Å². The van der Waals surface area contributed by atoms with Crippen LogP contribution in [-0.4, -0.2) is 37.9 Å². The summed E-state index contributed by atoms with van der Waals surface area (Å²) in [5.74, 6) is 0.232. The summed E-state index contributed by atoms with van der Waals surface area (Å²) >= 11 is 1.26. The summed E-state index contributed by atoms with van der Waals surface area (Å²) in [4.78, 5) is 17.5. The standard InChI is InChI=1S/C20H21FN2O4S/c1-4-27-10-9-23-15-7-6-14(21)12-18(15)28-20(23)22-19(24)13-5-8-16(25-2)17(11-13)26-3/h5-8,11-12H,4,9-10H2,1-3H3. The molecule has 6 nitrogen and oxygen atoms in total. The van der Waals surface area contributed by atoms with Gasteiger partial charge < -0.3 is 18.8 Å². The van der Waals surface area contributed by atoms with Gasteiger partial charge in [0.1, 0.15) is 5.82 Å². The van der Waals surface area contributed by atoms with Crippen molar-refractivity contribution in [1.29, 1.82) is 0 Å². The van der Waals surface area contributed by atoms with Gasteiger partial charge in [0.15, 0.2) is 16.3 Å². The van der Waals surface area contributed by atoms with Crippen molar-refractivity contribution in [3.05, 3.63) is 52.6 Å². The number of hydrogen-bond acceptors (Lipinski definition) is 5. The fourth-order valence-corrected chi connectivity index (χ4v) is 3.85. The first-order chi connectivity index (χ1) is 13.6. The zero-order chi connectivity index (χ0) is 20.1. The quantitative estimate of drug-likeness (QED) is 0.564. The van der Waals surface area contributed by atoms with Crippen molar-refractivity contribution < 1.29 is 23.4 Å². The molecular weight excluding hydrogens is 383 g/mol. The van der Waals surface area contributed by atoms with Crippen LogP contribution in [0.25, 0.3) is 10.2 Å². The number of hydrogen-bond donors (Lipinski definition) is 0. The minimum atomic E-state index is -0.418. The van der Waals surface area contributed by atoms with E-state index in [9.17, 15) is 9.18 Å². The van der Waals surface area contributed by atoms with Crippen molar-refractivity contribution >= 4 is 27.5 Å². The van der Waals surface area contributed by atoms with Crippen LogP contribution < -0.4 is 14.3 Å². The van der Waals surface area contributed by atoms with Gasteiger partial charge in [-0.2, -0.15) is 4.99 Å². The minimum absolute atomic E-state index is 0.330. The Bertz CT molecular complexity index is 1060. The van der Waals surface area contributed by atoms with E-state index in [-0.39, 0.29) is 5.82 Å². The summed E-state index contributed by atoms with van der Waals surface area (Å²) in [5, 5.41) is 0. The number of benzene rings is 2. The molecule has 8 heteroatoms. The van der Waals surface area contributed by atoms with Crippen LogP contribution in [0.5, 0.6) is 11.5 Å². The number of methoxy groups -OCH3 is 2. The van der Waals surface area contributed by atoms with E-state index < -0.39 is 5.91 Å². The molecule has 0 N–H and O–H groups in total. The number of fused-ring (bicyclic) bond motifs is 1. The van der Waals surface area contributed by atoms with Crippen LogP contribution in [-0.2, 0) is 11.3 Å². The Morgan fingerprint density at radius 2 is 1.93 bits per heavy atom. The lowest BCUT2D eigenvalue weighted by atomic mass is 10.2. The maximum Gasteiger partial charge on any atom is 0.279 e. The highest BCUT2D eigenvalue weighted by atomic mass is 32.1. The highest BCUT2D eigenvalue weighted by Gasteiger charge is 2.12. The molecular formula is C20H21FN2O4S. The van der Waals surface area contributed by atoms with E-state index in [1.807, 2.05) is 11.5 Å². The molecule has 0 aliphatic rings. The number of aromatic nitrogens is 1. The summed E-state index contributed by atoms with van der Waals surface area (Å²) in [6.45, 7) is 3.49. The van der Waals surface area contributed by atoms with Gasteiger partial charge in [-0.25, -0.2) is 4.39 Å². The van der Waals surface area contributed by atoms with Crippen LogP contribution in [0.1, 0.15) is 17.3 Å². The van der Waals surface area contributed by atoms with Crippen molar-refractivity contribution in [1.82, 2.24) is 4.57 Å². The minimum Gasteiger partial charge on any atom is -0.493 e. The Hall–Kier alpha value is -2.71. The predicted octanol–water partition coefficient (Wildman–Crippen LogP) is 3.64. The highest BCUT2D eigenvalue weighted by molar-refractivity contribution is 7.16. The van der Waals surface area contributed by atoms with E-state index in [4.69, 9.17) is 14.2 Å². The molecule has 2 aromatic carbocycles. The topological polar surface area (TPSA) is 62.1 Å². The molecule has 3 aromatic rings. The van der Waals surface area contributed by atoms with Crippen molar-refractivity contribution in [3.63, 3.8) is 0 Å². The summed E-state index contributed by atoms with van der Waals surface area (Å²) in [6.07, 6.45) is 0. The molecule has 0 atom stereocenters. The van der Waals surface area contributed by atoms with E-state index in [0.29, 0.717) is 41.6 Å². The molecule has 0 fully saturated rings. The lowest BCUT2D eigenvalue weighted by Crippen LogP contribution is -2.19. The monoisotopic (exact) mass is 404 g/mol. The number of rotatable bonds is 7. The van der Waals surface area contributed by atoms with E-state index in [1.165, 1.54) is 37.7 Å². The molecule has 1 aromatic heterocycles. The number of amides is 1. The van der Waals surface area contributed by atoms with Crippen LogP contribution in [0.15, 0.2) is 41.4 Å². The second kappa shape index (κ2) is 8.99. The third kappa shape index (κ3) is 4.23. The Balaban J connectivity index is 2.04. The molecule has 148 valence electrons. The third-order valence-corrected chi connectivity index (χ3v) is 5.18. The van der Waals surface area contributed by atoms with Crippen LogP contribution in [0.2, 0.25) is 0 Å². The maximum absolute atomic E-state index is 13.6. The highest BCUT2D eigenvalue weighted by Crippen LogP contribution is 2.28. The zero-order valence-electron chi connectivity index (χ0n) is 15.9. The molecule has 28 heavy (non-hydrogen) atoms. The van der Waals surface area contributed by atoms with Gasteiger partial charge in [-0.3, -0.25) is 4.79 Å². The van der Waals surface area contributed by atoms with E-state index in [1.54, 1.807) is 24.3 Å². The Labute approximate surface area is 165 Å². The zero-order valence-corrected chi connectivity index (χ0v) is 16.7. The van der Waals surface area contributed by atoms with Gasteiger partial charge in [-0.05, 0) is 43.3 Å². The van der Waals surface area contributed by atoms with Crippen molar-refractivity contribution in [2.45, 2.75) is 13.5 Å². The van der Waals surface area contributed by atoms with E-state index >= 15 is 0 Å². The van der Waals surface area contributed by atoms with Gasteiger partial charge in [0.2, 0.25) is 0 Å². The van der Waals surface area contributed by atoms with Crippen LogP contribution >= 0.6 is 11.3 Å². The average molecular weight is 404 g/mol. The SMILES string of the molecule is CCOCCn1c(=NC(=O)c2ccc(OC)c(OC)c2)sc2cc(F)ccc21.